The first-order chi connectivity index (χ1) is 11.0. The molecule has 0 saturated heterocycles. The van der Waals surface area contributed by atoms with Gasteiger partial charge in [-0.15, -0.1) is 0 Å². The summed E-state index contributed by atoms with van der Waals surface area (Å²) < 4.78 is 0.886. The SMILES string of the molecule is CC(=O)N1c2ccc(N=Cc3cc(Br)ccc3O)cc2C[C@@H]1C. The second-order valence-electron chi connectivity index (χ2n) is 5.72. The summed E-state index contributed by atoms with van der Waals surface area (Å²) in [4.78, 5) is 18.0. The van der Waals surface area contributed by atoms with Crippen LogP contribution in [0.5, 0.6) is 5.75 Å². The second kappa shape index (κ2) is 6.16. The van der Waals surface area contributed by atoms with E-state index in [-0.39, 0.29) is 17.7 Å². The Morgan fingerprint density at radius 1 is 1.35 bits per heavy atom. The van der Waals surface area contributed by atoms with E-state index in [1.54, 1.807) is 25.3 Å². The molecule has 1 amide bonds. The molecule has 0 unspecified atom stereocenters. The van der Waals surface area contributed by atoms with E-state index in [1.807, 2.05) is 36.1 Å². The first-order valence-corrected chi connectivity index (χ1v) is 8.20. The molecule has 1 N–H and O–H groups in total. The lowest BCUT2D eigenvalue weighted by Gasteiger charge is -2.20. The Labute approximate surface area is 143 Å². The summed E-state index contributed by atoms with van der Waals surface area (Å²) >= 11 is 3.38. The highest BCUT2D eigenvalue weighted by Crippen LogP contribution is 2.35. The lowest BCUT2D eigenvalue weighted by atomic mass is 10.1. The van der Waals surface area contributed by atoms with Gasteiger partial charge in [0.05, 0.1) is 5.69 Å². The maximum Gasteiger partial charge on any atom is 0.224 e. The van der Waals surface area contributed by atoms with Crippen LogP contribution >= 0.6 is 15.9 Å². The fourth-order valence-electron chi connectivity index (χ4n) is 2.95. The van der Waals surface area contributed by atoms with Crippen molar-refractivity contribution in [2.75, 3.05) is 4.90 Å². The number of phenolic OH excluding ortho intramolecular Hbond substituents is 1. The highest BCUT2D eigenvalue weighted by molar-refractivity contribution is 9.10. The molecule has 4 nitrogen and oxygen atoms in total. The van der Waals surface area contributed by atoms with Gasteiger partial charge in [0.2, 0.25) is 5.91 Å². The number of anilines is 1. The Bertz CT molecular complexity index is 802. The fraction of sp³-hybridized carbons (Fsp3) is 0.222. The third kappa shape index (κ3) is 3.15. The second-order valence-corrected chi connectivity index (χ2v) is 6.63. The summed E-state index contributed by atoms with van der Waals surface area (Å²) in [7, 11) is 0. The van der Waals surface area contributed by atoms with Crippen molar-refractivity contribution in [2.45, 2.75) is 26.3 Å². The number of halogens is 1. The van der Waals surface area contributed by atoms with Crippen LogP contribution in [0.25, 0.3) is 0 Å². The zero-order chi connectivity index (χ0) is 16.6. The van der Waals surface area contributed by atoms with E-state index in [0.29, 0.717) is 5.56 Å². The first kappa shape index (κ1) is 15.7. The summed E-state index contributed by atoms with van der Waals surface area (Å²) in [6, 6.07) is 11.2. The number of hydrogen-bond donors (Lipinski definition) is 1. The van der Waals surface area contributed by atoms with Gasteiger partial charge in [-0.3, -0.25) is 9.79 Å². The average molecular weight is 373 g/mol. The van der Waals surface area contributed by atoms with Crippen molar-refractivity contribution in [3.63, 3.8) is 0 Å². The normalized spacial score (nSPS) is 16.8. The van der Waals surface area contributed by atoms with E-state index < -0.39 is 0 Å². The van der Waals surface area contributed by atoms with Gasteiger partial charge in [-0.2, -0.15) is 0 Å². The number of carbonyl (C=O) groups excluding carboxylic acids is 1. The van der Waals surface area contributed by atoms with Gasteiger partial charge in [0.1, 0.15) is 5.75 Å². The summed E-state index contributed by atoms with van der Waals surface area (Å²) in [6.45, 7) is 3.64. The average Bonchev–Trinajstić information content (AvgIpc) is 2.83. The van der Waals surface area contributed by atoms with Crippen LogP contribution in [0.4, 0.5) is 11.4 Å². The Morgan fingerprint density at radius 3 is 2.87 bits per heavy atom. The van der Waals surface area contributed by atoms with Crippen molar-refractivity contribution in [3.8, 4) is 5.75 Å². The summed E-state index contributed by atoms with van der Waals surface area (Å²) in [6.07, 6.45) is 2.48. The largest absolute Gasteiger partial charge is 0.507 e. The van der Waals surface area contributed by atoms with Gasteiger partial charge in [-0.25, -0.2) is 0 Å². The third-order valence-electron chi connectivity index (χ3n) is 3.96. The molecule has 0 radical (unpaired) electrons. The van der Waals surface area contributed by atoms with E-state index in [4.69, 9.17) is 0 Å². The van der Waals surface area contributed by atoms with Crippen molar-refractivity contribution >= 4 is 39.4 Å². The minimum absolute atomic E-state index is 0.0616. The standard InChI is InChI=1S/C18H17BrN2O2/c1-11-7-13-9-16(4-5-17(13)21(11)12(2)22)20-10-14-8-15(19)3-6-18(14)23/h3-6,8-11,23H,7H2,1-2H3/t11-/m0/s1. The summed E-state index contributed by atoms with van der Waals surface area (Å²) in [5.74, 6) is 0.251. The van der Waals surface area contributed by atoms with Gasteiger partial charge >= 0.3 is 0 Å². The summed E-state index contributed by atoms with van der Waals surface area (Å²) in [5, 5.41) is 9.84. The topological polar surface area (TPSA) is 52.9 Å². The molecule has 0 aromatic heterocycles. The monoisotopic (exact) mass is 372 g/mol. The molecule has 0 saturated carbocycles. The molecule has 2 aromatic carbocycles. The maximum absolute atomic E-state index is 11.7. The fourth-order valence-corrected chi connectivity index (χ4v) is 3.33. The molecule has 0 fully saturated rings. The molecule has 1 aliphatic rings. The molecule has 1 aliphatic heterocycles. The lowest BCUT2D eigenvalue weighted by Crippen LogP contribution is -2.33. The third-order valence-corrected chi connectivity index (χ3v) is 4.45. The van der Waals surface area contributed by atoms with Gasteiger partial charge in [0.25, 0.3) is 0 Å². The van der Waals surface area contributed by atoms with Crippen LogP contribution in [0.3, 0.4) is 0 Å². The van der Waals surface area contributed by atoms with Gasteiger partial charge in [0, 0.05) is 34.9 Å². The van der Waals surface area contributed by atoms with Crippen LogP contribution in [0.2, 0.25) is 0 Å². The van der Waals surface area contributed by atoms with E-state index in [9.17, 15) is 9.90 Å². The zero-order valence-electron chi connectivity index (χ0n) is 13.0. The Morgan fingerprint density at radius 2 is 2.13 bits per heavy atom. The molecule has 0 aliphatic carbocycles. The van der Waals surface area contributed by atoms with E-state index in [2.05, 4.69) is 20.9 Å². The van der Waals surface area contributed by atoms with Crippen LogP contribution in [0.15, 0.2) is 45.9 Å². The maximum atomic E-state index is 11.7. The number of aliphatic imine (C=N–C) groups is 1. The minimum atomic E-state index is 0.0616. The van der Waals surface area contributed by atoms with E-state index in [0.717, 1.165) is 27.8 Å². The van der Waals surface area contributed by atoms with Crippen molar-refractivity contribution in [1.29, 1.82) is 0 Å². The molecule has 1 atom stereocenters. The Kier molecular flexibility index (Phi) is 4.22. The Hall–Kier alpha value is -2.14. The lowest BCUT2D eigenvalue weighted by molar-refractivity contribution is -0.116. The number of nitrogens with zero attached hydrogens (tertiary/aromatic N) is 2. The van der Waals surface area contributed by atoms with Crippen LogP contribution in [0, 0.1) is 0 Å². The molecular weight excluding hydrogens is 356 g/mol. The number of benzene rings is 2. The number of carbonyl (C=O) groups is 1. The highest BCUT2D eigenvalue weighted by atomic mass is 79.9. The van der Waals surface area contributed by atoms with Gasteiger partial charge in [0.15, 0.2) is 0 Å². The van der Waals surface area contributed by atoms with Gasteiger partial charge < -0.3 is 10.0 Å². The molecule has 2 aromatic rings. The minimum Gasteiger partial charge on any atom is -0.507 e. The Balaban J connectivity index is 1.89. The number of amides is 1. The number of aromatic hydroxyl groups is 1. The number of rotatable bonds is 2. The van der Waals surface area contributed by atoms with Crippen LogP contribution < -0.4 is 4.90 Å². The van der Waals surface area contributed by atoms with Crippen molar-refractivity contribution in [1.82, 2.24) is 0 Å². The van der Waals surface area contributed by atoms with Crippen LogP contribution in [-0.2, 0) is 11.2 Å². The quantitative estimate of drug-likeness (QED) is 0.802. The first-order valence-electron chi connectivity index (χ1n) is 7.41. The molecule has 0 spiro atoms. The highest BCUT2D eigenvalue weighted by Gasteiger charge is 2.28. The summed E-state index contributed by atoms with van der Waals surface area (Å²) in [5.41, 5.74) is 3.55. The molecule has 5 heteroatoms. The molecule has 0 bridgehead atoms. The molecule has 23 heavy (non-hydrogen) atoms. The molecule has 118 valence electrons. The number of fused-ring (bicyclic) bond motifs is 1. The molecular formula is C18H17BrN2O2. The van der Waals surface area contributed by atoms with E-state index >= 15 is 0 Å². The number of hydrogen-bond acceptors (Lipinski definition) is 3. The van der Waals surface area contributed by atoms with Gasteiger partial charge in [-0.05, 0) is 55.3 Å². The molecule has 1 heterocycles. The van der Waals surface area contributed by atoms with Crippen LogP contribution in [-0.4, -0.2) is 23.3 Å². The van der Waals surface area contributed by atoms with Gasteiger partial charge in [-0.1, -0.05) is 15.9 Å². The zero-order valence-corrected chi connectivity index (χ0v) is 14.5. The predicted octanol–water partition coefficient (Wildman–Crippen LogP) is 4.20. The van der Waals surface area contributed by atoms with Crippen molar-refractivity contribution in [2.24, 2.45) is 4.99 Å². The smallest absolute Gasteiger partial charge is 0.224 e. The van der Waals surface area contributed by atoms with Crippen LogP contribution in [0.1, 0.15) is 25.0 Å². The molecule has 3 rings (SSSR count). The van der Waals surface area contributed by atoms with E-state index in [1.165, 1.54) is 0 Å². The van der Waals surface area contributed by atoms with Crippen molar-refractivity contribution in [3.05, 3.63) is 52.0 Å². The number of phenols is 1. The van der Waals surface area contributed by atoms with Crippen molar-refractivity contribution < 1.29 is 9.90 Å². The predicted molar refractivity (Wildman–Crippen MR) is 95.8 cm³/mol.